The number of aromatic nitrogens is 2. The van der Waals surface area contributed by atoms with E-state index in [2.05, 4.69) is 9.97 Å². The first-order chi connectivity index (χ1) is 10.2. The van der Waals surface area contributed by atoms with Crippen molar-refractivity contribution in [1.29, 1.82) is 0 Å². The maximum absolute atomic E-state index is 13.4. The maximum Gasteiger partial charge on any atom is 0.433 e. The van der Waals surface area contributed by atoms with Crippen LogP contribution in [0.2, 0.25) is 5.02 Å². The molecule has 0 saturated carbocycles. The fourth-order valence-electron chi connectivity index (χ4n) is 1.96. The largest absolute Gasteiger partial charge is 0.433 e. The number of hydrogen-bond donors (Lipinski definition) is 1. The Balaban J connectivity index is 2.54. The van der Waals surface area contributed by atoms with E-state index in [4.69, 9.17) is 11.6 Å². The van der Waals surface area contributed by atoms with Crippen LogP contribution in [0, 0.1) is 5.82 Å². The minimum Gasteiger partial charge on any atom is -0.310 e. The summed E-state index contributed by atoms with van der Waals surface area (Å²) in [7, 11) is 0. The predicted octanol–water partition coefficient (Wildman–Crippen LogP) is 3.73. The highest BCUT2D eigenvalue weighted by atomic mass is 35.5. The summed E-state index contributed by atoms with van der Waals surface area (Å²) in [5, 5.41) is -0.145. The average Bonchev–Trinajstić information content (AvgIpc) is 2.43. The second-order valence-electron chi connectivity index (χ2n) is 4.62. The topological polar surface area (TPSA) is 45.8 Å². The molecule has 0 radical (unpaired) electrons. The van der Waals surface area contributed by atoms with Gasteiger partial charge in [0.25, 0.3) is 5.56 Å². The van der Waals surface area contributed by atoms with Crippen molar-refractivity contribution in [3.8, 4) is 0 Å². The van der Waals surface area contributed by atoms with E-state index in [9.17, 15) is 22.4 Å². The van der Waals surface area contributed by atoms with Gasteiger partial charge in [-0.1, -0.05) is 24.6 Å². The minimum atomic E-state index is -4.77. The molecule has 0 fully saturated rings. The van der Waals surface area contributed by atoms with Crippen LogP contribution < -0.4 is 5.56 Å². The molecule has 1 aromatic heterocycles. The molecule has 1 N–H and O–H groups in total. The van der Waals surface area contributed by atoms with Crippen molar-refractivity contribution >= 4 is 11.6 Å². The molecule has 8 heteroatoms. The van der Waals surface area contributed by atoms with Gasteiger partial charge in [0.1, 0.15) is 11.6 Å². The highest BCUT2D eigenvalue weighted by Crippen LogP contribution is 2.30. The monoisotopic (exact) mass is 334 g/mol. The van der Waals surface area contributed by atoms with E-state index in [0.717, 1.165) is 6.07 Å². The number of aryl methyl sites for hydroxylation is 1. The van der Waals surface area contributed by atoms with E-state index in [1.54, 1.807) is 6.92 Å². The summed E-state index contributed by atoms with van der Waals surface area (Å²) < 4.78 is 52.6. The van der Waals surface area contributed by atoms with Crippen molar-refractivity contribution in [2.24, 2.45) is 0 Å². The smallest absolute Gasteiger partial charge is 0.310 e. The lowest BCUT2D eigenvalue weighted by Crippen LogP contribution is -2.25. The average molecular weight is 335 g/mol. The number of rotatable bonds is 3. The van der Waals surface area contributed by atoms with Crippen LogP contribution in [0.5, 0.6) is 0 Å². The number of halogens is 5. The fraction of sp³-hybridized carbons (Fsp3) is 0.286. The van der Waals surface area contributed by atoms with Gasteiger partial charge >= 0.3 is 6.18 Å². The summed E-state index contributed by atoms with van der Waals surface area (Å²) in [6, 6.07) is 3.58. The van der Waals surface area contributed by atoms with Crippen LogP contribution >= 0.6 is 11.6 Å². The zero-order valence-electron chi connectivity index (χ0n) is 11.4. The zero-order valence-corrected chi connectivity index (χ0v) is 12.1. The summed E-state index contributed by atoms with van der Waals surface area (Å²) >= 11 is 5.52. The molecule has 118 valence electrons. The van der Waals surface area contributed by atoms with Crippen LogP contribution in [-0.4, -0.2) is 9.97 Å². The fourth-order valence-corrected chi connectivity index (χ4v) is 2.08. The molecule has 0 aliphatic carbocycles. The summed E-state index contributed by atoms with van der Waals surface area (Å²) in [5.41, 5.74) is -2.48. The lowest BCUT2D eigenvalue weighted by molar-refractivity contribution is -0.142. The van der Waals surface area contributed by atoms with Crippen LogP contribution in [0.4, 0.5) is 17.6 Å². The Morgan fingerprint density at radius 2 is 2.00 bits per heavy atom. The maximum atomic E-state index is 13.4. The van der Waals surface area contributed by atoms with Gasteiger partial charge in [0.2, 0.25) is 0 Å². The van der Waals surface area contributed by atoms with Gasteiger partial charge in [-0.3, -0.25) is 4.79 Å². The van der Waals surface area contributed by atoms with Crippen molar-refractivity contribution in [2.45, 2.75) is 25.9 Å². The number of aromatic amines is 1. The Hall–Kier alpha value is -1.89. The highest BCUT2D eigenvalue weighted by molar-refractivity contribution is 6.30. The van der Waals surface area contributed by atoms with Gasteiger partial charge in [0, 0.05) is 12.8 Å². The molecule has 0 bridgehead atoms. The third-order valence-corrected chi connectivity index (χ3v) is 3.34. The standard InChI is InChI=1S/C14H11ClF4N2O/c1-2-11-20-12(14(17,18)19)8(13(22)21-11)5-7-3-4-9(15)10(16)6-7/h3-4,6H,2,5H2,1H3,(H,20,21,22). The predicted molar refractivity (Wildman–Crippen MR) is 73.5 cm³/mol. The van der Waals surface area contributed by atoms with E-state index in [0.29, 0.717) is 0 Å². The van der Waals surface area contributed by atoms with Gasteiger partial charge in [-0.25, -0.2) is 9.37 Å². The Labute approximate surface area is 128 Å². The number of nitrogens with zero attached hydrogens (tertiary/aromatic N) is 1. The minimum absolute atomic E-state index is 0.0524. The number of nitrogens with one attached hydrogen (secondary N) is 1. The molecule has 0 saturated heterocycles. The van der Waals surface area contributed by atoms with E-state index in [-0.39, 0.29) is 22.8 Å². The van der Waals surface area contributed by atoms with Crippen LogP contribution in [0.25, 0.3) is 0 Å². The molecule has 0 unspecified atom stereocenters. The first-order valence-electron chi connectivity index (χ1n) is 6.35. The van der Waals surface area contributed by atoms with Crippen LogP contribution in [0.15, 0.2) is 23.0 Å². The van der Waals surface area contributed by atoms with Gasteiger partial charge in [0.15, 0.2) is 5.69 Å². The molecule has 3 nitrogen and oxygen atoms in total. The first kappa shape index (κ1) is 16.5. The molecule has 0 aliphatic heterocycles. The lowest BCUT2D eigenvalue weighted by Gasteiger charge is -2.12. The molecule has 0 aliphatic rings. The summed E-state index contributed by atoms with van der Waals surface area (Å²) in [6.07, 6.45) is -5.00. The van der Waals surface area contributed by atoms with Crippen molar-refractivity contribution in [3.05, 3.63) is 62.0 Å². The second kappa shape index (κ2) is 6.08. The third kappa shape index (κ3) is 3.47. The van der Waals surface area contributed by atoms with Crippen LogP contribution in [0.3, 0.4) is 0 Å². The molecule has 0 atom stereocenters. The summed E-state index contributed by atoms with van der Waals surface area (Å²) in [5.74, 6) is -0.814. The van der Waals surface area contributed by atoms with Gasteiger partial charge in [-0.05, 0) is 17.7 Å². The molecular formula is C14H11ClF4N2O. The number of H-pyrrole nitrogens is 1. The van der Waals surface area contributed by atoms with Gasteiger partial charge < -0.3 is 4.98 Å². The SMILES string of the molecule is CCc1nc(C(F)(F)F)c(Cc2ccc(Cl)c(F)c2)c(=O)[nH]1. The van der Waals surface area contributed by atoms with Crippen molar-refractivity contribution in [1.82, 2.24) is 9.97 Å². The molecule has 22 heavy (non-hydrogen) atoms. The second-order valence-corrected chi connectivity index (χ2v) is 5.02. The van der Waals surface area contributed by atoms with E-state index in [1.165, 1.54) is 12.1 Å². The molecule has 1 aromatic carbocycles. The number of benzene rings is 1. The first-order valence-corrected chi connectivity index (χ1v) is 6.73. The van der Waals surface area contributed by atoms with E-state index in [1.807, 2.05) is 0 Å². The van der Waals surface area contributed by atoms with E-state index < -0.39 is 35.2 Å². The third-order valence-electron chi connectivity index (χ3n) is 3.03. The molecule has 2 aromatic rings. The number of hydrogen-bond acceptors (Lipinski definition) is 2. The van der Waals surface area contributed by atoms with Crippen LogP contribution in [0.1, 0.15) is 29.6 Å². The Bertz CT molecular complexity index is 755. The molecule has 2 rings (SSSR count). The summed E-state index contributed by atoms with van der Waals surface area (Å²) in [6.45, 7) is 1.58. The van der Waals surface area contributed by atoms with Crippen molar-refractivity contribution in [2.75, 3.05) is 0 Å². The van der Waals surface area contributed by atoms with E-state index >= 15 is 0 Å². The quantitative estimate of drug-likeness (QED) is 0.869. The van der Waals surface area contributed by atoms with Crippen molar-refractivity contribution < 1.29 is 17.6 Å². The highest BCUT2D eigenvalue weighted by Gasteiger charge is 2.37. The molecular weight excluding hydrogens is 324 g/mol. The Morgan fingerprint density at radius 3 is 2.55 bits per heavy atom. The van der Waals surface area contributed by atoms with Crippen LogP contribution in [-0.2, 0) is 19.0 Å². The van der Waals surface area contributed by atoms with Gasteiger partial charge in [-0.15, -0.1) is 0 Å². The lowest BCUT2D eigenvalue weighted by atomic mass is 10.0. The Morgan fingerprint density at radius 1 is 1.32 bits per heavy atom. The van der Waals surface area contributed by atoms with Gasteiger partial charge in [-0.2, -0.15) is 13.2 Å². The number of alkyl halides is 3. The molecule has 0 spiro atoms. The molecule has 1 heterocycles. The zero-order chi connectivity index (χ0) is 16.5. The summed E-state index contributed by atoms with van der Waals surface area (Å²) in [4.78, 5) is 17.7. The normalized spacial score (nSPS) is 11.7. The molecule has 0 amide bonds. The van der Waals surface area contributed by atoms with Crippen molar-refractivity contribution in [3.63, 3.8) is 0 Å². The van der Waals surface area contributed by atoms with Gasteiger partial charge in [0.05, 0.1) is 10.6 Å². The Kier molecular flexibility index (Phi) is 4.55.